The Morgan fingerprint density at radius 1 is 1.08 bits per heavy atom. The number of nitrogens with two attached hydrogens (primary N) is 1. The first-order valence-corrected chi connectivity index (χ1v) is 8.79. The second kappa shape index (κ2) is 5.52. The monoisotopic (exact) mass is 368 g/mol. The van der Waals surface area contributed by atoms with Crippen LogP contribution < -0.4 is 5.73 Å². The Balaban J connectivity index is 2.31. The minimum absolute atomic E-state index is 0.00324. The summed E-state index contributed by atoms with van der Waals surface area (Å²) in [6, 6.07) is 9.50. The first-order chi connectivity index (χ1) is 11.5. The number of nitrogen functional groups attached to an aromatic ring is 1. The van der Waals surface area contributed by atoms with E-state index in [-0.39, 0.29) is 4.90 Å². The van der Waals surface area contributed by atoms with Crippen LogP contribution in [0.1, 0.15) is 11.3 Å². The summed E-state index contributed by atoms with van der Waals surface area (Å²) in [6.07, 6.45) is -4.73. The molecule has 2 N–H and O–H groups in total. The summed E-state index contributed by atoms with van der Waals surface area (Å²) < 4.78 is 67.0. The number of hydrogen-bond donors (Lipinski definition) is 1. The van der Waals surface area contributed by atoms with Crippen molar-refractivity contribution in [1.29, 1.82) is 0 Å². The molecule has 0 fully saturated rings. The lowest BCUT2D eigenvalue weighted by Gasteiger charge is -2.12. The Bertz CT molecular complexity index is 1080. The van der Waals surface area contributed by atoms with Gasteiger partial charge in [-0.3, -0.25) is 0 Å². The van der Waals surface area contributed by atoms with E-state index in [0.717, 1.165) is 12.1 Å². The molecule has 1 heterocycles. The van der Waals surface area contributed by atoms with E-state index in [2.05, 4.69) is 0 Å². The quantitative estimate of drug-likeness (QED) is 0.697. The zero-order chi connectivity index (χ0) is 18.6. The first kappa shape index (κ1) is 17.3. The second-order valence-corrected chi connectivity index (χ2v) is 7.63. The van der Waals surface area contributed by atoms with Crippen molar-refractivity contribution in [2.24, 2.45) is 7.05 Å². The number of halogens is 3. The molecule has 3 rings (SSSR count). The van der Waals surface area contributed by atoms with E-state index in [1.54, 1.807) is 42.8 Å². The number of hydrogen-bond acceptors (Lipinski definition) is 3. The molecule has 0 aliphatic rings. The summed E-state index contributed by atoms with van der Waals surface area (Å²) in [5.74, 6) is 0. The van der Waals surface area contributed by atoms with Crippen molar-refractivity contribution in [2.45, 2.75) is 22.9 Å². The van der Waals surface area contributed by atoms with Crippen molar-refractivity contribution in [3.05, 3.63) is 53.7 Å². The van der Waals surface area contributed by atoms with Crippen LogP contribution in [0.5, 0.6) is 0 Å². The maximum Gasteiger partial charge on any atom is 0.418 e. The summed E-state index contributed by atoms with van der Waals surface area (Å²) in [7, 11) is -2.44. The molecule has 132 valence electrons. The molecule has 0 saturated carbocycles. The number of para-hydroxylation sites is 1. The van der Waals surface area contributed by atoms with E-state index in [1.165, 1.54) is 0 Å². The second-order valence-electron chi connectivity index (χ2n) is 5.74. The molecule has 0 amide bonds. The number of alkyl halides is 3. The van der Waals surface area contributed by atoms with E-state index in [4.69, 9.17) is 5.73 Å². The fourth-order valence-corrected chi connectivity index (χ4v) is 4.63. The van der Waals surface area contributed by atoms with Crippen LogP contribution in [0.15, 0.2) is 52.3 Å². The first-order valence-electron chi connectivity index (χ1n) is 7.31. The van der Waals surface area contributed by atoms with E-state index >= 15 is 0 Å². The van der Waals surface area contributed by atoms with Gasteiger partial charge in [-0.2, -0.15) is 13.2 Å². The molecule has 0 saturated heterocycles. The zero-order valence-electron chi connectivity index (χ0n) is 13.4. The molecule has 25 heavy (non-hydrogen) atoms. The Hall–Kier alpha value is -2.48. The van der Waals surface area contributed by atoms with Crippen LogP contribution in [0.25, 0.3) is 10.9 Å². The van der Waals surface area contributed by atoms with Gasteiger partial charge in [0.2, 0.25) is 9.84 Å². The van der Waals surface area contributed by atoms with Gasteiger partial charge < -0.3 is 10.3 Å². The largest absolute Gasteiger partial charge is 0.418 e. The molecule has 1 aromatic heterocycles. The molecule has 0 aliphatic heterocycles. The average molecular weight is 368 g/mol. The predicted molar refractivity (Wildman–Crippen MR) is 89.0 cm³/mol. The number of benzene rings is 2. The van der Waals surface area contributed by atoms with Crippen LogP contribution in [0, 0.1) is 6.92 Å². The molecule has 0 bridgehead atoms. The highest BCUT2D eigenvalue weighted by Crippen LogP contribution is 2.38. The molecule has 3 aromatic rings. The van der Waals surface area contributed by atoms with E-state index < -0.39 is 32.2 Å². The van der Waals surface area contributed by atoms with Crippen LogP contribution in [0.4, 0.5) is 18.9 Å². The Labute approximate surface area is 142 Å². The van der Waals surface area contributed by atoms with Crippen LogP contribution >= 0.6 is 0 Å². The summed E-state index contributed by atoms with van der Waals surface area (Å²) in [6.45, 7) is 1.62. The van der Waals surface area contributed by atoms with Gasteiger partial charge in [0.25, 0.3) is 0 Å². The summed E-state index contributed by atoms with van der Waals surface area (Å²) in [5, 5.41) is 0.466. The molecule has 2 aromatic carbocycles. The SMILES string of the molecule is Cc1c(S(=O)(=O)c2ccc(N)c(C(F)(F)F)c2)c2ccccc2n1C. The summed E-state index contributed by atoms with van der Waals surface area (Å²) in [4.78, 5) is -0.433. The van der Waals surface area contributed by atoms with Crippen molar-refractivity contribution in [2.75, 3.05) is 5.73 Å². The van der Waals surface area contributed by atoms with Crippen LogP contribution in [-0.4, -0.2) is 13.0 Å². The highest BCUT2D eigenvalue weighted by atomic mass is 32.2. The number of anilines is 1. The van der Waals surface area contributed by atoms with Gasteiger partial charge in [0.05, 0.1) is 10.5 Å². The maximum absolute atomic E-state index is 13.1. The van der Waals surface area contributed by atoms with Crippen LogP contribution in [0.2, 0.25) is 0 Å². The maximum atomic E-state index is 13.1. The highest BCUT2D eigenvalue weighted by molar-refractivity contribution is 7.91. The lowest BCUT2D eigenvalue weighted by molar-refractivity contribution is -0.137. The topological polar surface area (TPSA) is 65.1 Å². The van der Waals surface area contributed by atoms with E-state index in [0.29, 0.717) is 22.7 Å². The van der Waals surface area contributed by atoms with Gasteiger partial charge in [-0.05, 0) is 31.2 Å². The third kappa shape index (κ3) is 2.66. The Kier molecular flexibility index (Phi) is 3.83. The fourth-order valence-electron chi connectivity index (χ4n) is 2.89. The average Bonchev–Trinajstić information content (AvgIpc) is 2.79. The molecule has 0 spiro atoms. The van der Waals surface area contributed by atoms with Crippen molar-refractivity contribution in [1.82, 2.24) is 4.57 Å². The smallest absolute Gasteiger partial charge is 0.398 e. The molecular weight excluding hydrogens is 353 g/mol. The Morgan fingerprint density at radius 3 is 2.36 bits per heavy atom. The molecule has 4 nitrogen and oxygen atoms in total. The normalized spacial score (nSPS) is 12.7. The standard InChI is InChI=1S/C17H15F3N2O2S/c1-10-16(12-5-3-4-6-15(12)22(10)2)25(23,24)11-7-8-14(21)13(9-11)17(18,19)20/h3-9H,21H2,1-2H3. The third-order valence-electron chi connectivity index (χ3n) is 4.25. The van der Waals surface area contributed by atoms with Gasteiger partial charge in [0, 0.05) is 29.3 Å². The summed E-state index contributed by atoms with van der Waals surface area (Å²) >= 11 is 0. The van der Waals surface area contributed by atoms with Crippen molar-refractivity contribution in [3.63, 3.8) is 0 Å². The molecule has 0 atom stereocenters. The number of rotatable bonds is 2. The van der Waals surface area contributed by atoms with Crippen LogP contribution in [0.3, 0.4) is 0 Å². The fraction of sp³-hybridized carbons (Fsp3) is 0.176. The predicted octanol–water partition coefficient (Wildman–Crippen LogP) is 3.92. The molecule has 8 heteroatoms. The van der Waals surface area contributed by atoms with Gasteiger partial charge >= 0.3 is 6.18 Å². The Morgan fingerprint density at radius 2 is 1.72 bits per heavy atom. The van der Waals surface area contributed by atoms with E-state index in [1.807, 2.05) is 0 Å². The van der Waals surface area contributed by atoms with Crippen molar-refractivity contribution in [3.8, 4) is 0 Å². The summed E-state index contributed by atoms with van der Waals surface area (Å²) in [5.41, 5.74) is 4.83. The number of fused-ring (bicyclic) bond motifs is 1. The number of aryl methyl sites for hydroxylation is 1. The molecule has 0 radical (unpaired) electrons. The van der Waals surface area contributed by atoms with Crippen LogP contribution in [-0.2, 0) is 23.1 Å². The molecular formula is C17H15F3N2O2S. The van der Waals surface area contributed by atoms with Gasteiger partial charge in [-0.15, -0.1) is 0 Å². The zero-order valence-corrected chi connectivity index (χ0v) is 14.2. The van der Waals surface area contributed by atoms with Gasteiger partial charge in [0.15, 0.2) is 0 Å². The van der Waals surface area contributed by atoms with Gasteiger partial charge in [-0.1, -0.05) is 18.2 Å². The molecule has 0 aliphatic carbocycles. The highest BCUT2D eigenvalue weighted by Gasteiger charge is 2.35. The minimum atomic E-state index is -4.73. The van der Waals surface area contributed by atoms with Crippen molar-refractivity contribution >= 4 is 26.4 Å². The number of aromatic nitrogens is 1. The number of nitrogens with zero attached hydrogens (tertiary/aromatic N) is 1. The van der Waals surface area contributed by atoms with E-state index in [9.17, 15) is 21.6 Å². The number of sulfone groups is 1. The lowest BCUT2D eigenvalue weighted by atomic mass is 10.2. The lowest BCUT2D eigenvalue weighted by Crippen LogP contribution is -2.11. The van der Waals surface area contributed by atoms with Gasteiger partial charge in [-0.25, -0.2) is 8.42 Å². The molecule has 0 unspecified atom stereocenters. The van der Waals surface area contributed by atoms with Gasteiger partial charge in [0.1, 0.15) is 4.90 Å². The minimum Gasteiger partial charge on any atom is -0.398 e. The third-order valence-corrected chi connectivity index (χ3v) is 6.18. The van der Waals surface area contributed by atoms with Crippen molar-refractivity contribution < 1.29 is 21.6 Å².